The molecule has 0 unspecified atom stereocenters. The van der Waals surface area contributed by atoms with E-state index in [2.05, 4.69) is 22.2 Å². The first kappa shape index (κ1) is 33.6. The van der Waals surface area contributed by atoms with Crippen molar-refractivity contribution in [1.29, 1.82) is 0 Å². The van der Waals surface area contributed by atoms with E-state index in [4.69, 9.17) is 9.84 Å². The topological polar surface area (TPSA) is 125 Å². The summed E-state index contributed by atoms with van der Waals surface area (Å²) in [5.74, 6) is -0.697. The number of carbonyl (C=O) groups excluding carboxylic acids is 1. The number of aliphatic hydroxyl groups is 2. The summed E-state index contributed by atoms with van der Waals surface area (Å²) in [4.78, 5) is 13.0. The lowest BCUT2D eigenvalue weighted by molar-refractivity contribution is 0.0969. The van der Waals surface area contributed by atoms with E-state index < -0.39 is 22.0 Å². The first-order valence-electron chi connectivity index (χ1n) is 14.3. The molecule has 0 spiro atoms. The highest BCUT2D eigenvalue weighted by Gasteiger charge is 2.23. The standard InChI is InChI=1S/C32H40N2O6S.ClH/c35-20-7-21-41(38,39)34-32(37)29-17-16-27(22-31(29)40-28-10-5-2-6-11-28)25-14-12-24(13-15-25)18-19-33-23-30(36)26-8-3-1-4-9-26;/h1,3-4,8-9,12-17,22,28,30,33,35-36H,2,5-7,10-11,18-21,23H2,(H,34,37);1H/t30-;/m1./s1. The van der Waals surface area contributed by atoms with Crippen molar-refractivity contribution >= 4 is 28.3 Å². The van der Waals surface area contributed by atoms with Gasteiger partial charge in [-0.05, 0) is 79.5 Å². The van der Waals surface area contributed by atoms with Gasteiger partial charge in [0.05, 0.1) is 23.5 Å². The molecule has 0 heterocycles. The first-order valence-corrected chi connectivity index (χ1v) is 16.0. The van der Waals surface area contributed by atoms with Crippen molar-refractivity contribution in [3.63, 3.8) is 0 Å². The van der Waals surface area contributed by atoms with E-state index in [1.54, 1.807) is 12.1 Å². The molecular formula is C32H41ClN2O6S. The number of carbonyl (C=O) groups is 1. The molecule has 1 saturated carbocycles. The first-order chi connectivity index (χ1) is 19.8. The smallest absolute Gasteiger partial charge is 0.268 e. The lowest BCUT2D eigenvalue weighted by atomic mass is 9.97. The maximum atomic E-state index is 13.0. The molecule has 4 N–H and O–H groups in total. The molecule has 1 fully saturated rings. The minimum Gasteiger partial charge on any atom is -0.490 e. The molecule has 8 nitrogen and oxygen atoms in total. The fourth-order valence-electron chi connectivity index (χ4n) is 4.98. The Hall–Kier alpha value is -2.95. The zero-order chi connectivity index (χ0) is 29.1. The van der Waals surface area contributed by atoms with Crippen LogP contribution in [-0.4, -0.2) is 56.1 Å². The SMILES string of the molecule is Cl.O=C(NS(=O)(=O)CCCO)c1ccc(-c2ccc(CCNC[C@@H](O)c3ccccc3)cc2)cc1OC1CCCCC1. The molecular weight excluding hydrogens is 576 g/mol. The second-order valence-electron chi connectivity index (χ2n) is 10.5. The van der Waals surface area contributed by atoms with Crippen LogP contribution in [0.5, 0.6) is 5.75 Å². The van der Waals surface area contributed by atoms with Gasteiger partial charge in [-0.2, -0.15) is 0 Å². The molecule has 3 aromatic rings. The van der Waals surface area contributed by atoms with E-state index in [0.717, 1.165) is 67.3 Å². The van der Waals surface area contributed by atoms with Gasteiger partial charge in [-0.3, -0.25) is 4.79 Å². The molecule has 1 aliphatic carbocycles. The van der Waals surface area contributed by atoms with Gasteiger partial charge in [0, 0.05) is 13.2 Å². The van der Waals surface area contributed by atoms with Crippen molar-refractivity contribution < 1.29 is 28.2 Å². The van der Waals surface area contributed by atoms with Gasteiger partial charge in [0.2, 0.25) is 10.0 Å². The van der Waals surface area contributed by atoms with Gasteiger partial charge in [0.1, 0.15) is 5.75 Å². The summed E-state index contributed by atoms with van der Waals surface area (Å²) in [5.41, 5.74) is 4.04. The predicted molar refractivity (Wildman–Crippen MR) is 168 cm³/mol. The summed E-state index contributed by atoms with van der Waals surface area (Å²) in [6, 6.07) is 23.0. The summed E-state index contributed by atoms with van der Waals surface area (Å²) in [7, 11) is -3.87. The van der Waals surface area contributed by atoms with Crippen LogP contribution < -0.4 is 14.8 Å². The van der Waals surface area contributed by atoms with E-state index in [9.17, 15) is 18.3 Å². The van der Waals surface area contributed by atoms with Gasteiger partial charge < -0.3 is 20.3 Å². The second kappa shape index (κ2) is 16.6. The Kier molecular flexibility index (Phi) is 13.3. The third kappa shape index (κ3) is 10.1. The molecule has 4 rings (SSSR count). The molecule has 0 aliphatic heterocycles. The Morgan fingerprint density at radius 2 is 1.64 bits per heavy atom. The molecule has 0 bridgehead atoms. The number of rotatable bonds is 14. The zero-order valence-corrected chi connectivity index (χ0v) is 25.3. The van der Waals surface area contributed by atoms with Crippen LogP contribution in [0.3, 0.4) is 0 Å². The van der Waals surface area contributed by atoms with Gasteiger partial charge in [-0.25, -0.2) is 13.1 Å². The molecule has 0 radical (unpaired) electrons. The largest absolute Gasteiger partial charge is 0.490 e. The summed E-state index contributed by atoms with van der Waals surface area (Å²) in [6.45, 7) is 0.939. The normalized spacial score (nSPS) is 14.5. The van der Waals surface area contributed by atoms with E-state index in [0.29, 0.717) is 12.3 Å². The van der Waals surface area contributed by atoms with Crippen LogP contribution >= 0.6 is 12.4 Å². The average molecular weight is 617 g/mol. The summed E-state index contributed by atoms with van der Waals surface area (Å²) < 4.78 is 33.0. The van der Waals surface area contributed by atoms with Crippen molar-refractivity contribution in [3.8, 4) is 16.9 Å². The number of benzene rings is 3. The molecule has 0 saturated heterocycles. The lowest BCUT2D eigenvalue weighted by Gasteiger charge is -2.24. The van der Waals surface area contributed by atoms with Gasteiger partial charge in [0.25, 0.3) is 5.91 Å². The van der Waals surface area contributed by atoms with Crippen LogP contribution in [0.4, 0.5) is 0 Å². The quantitative estimate of drug-likeness (QED) is 0.192. The Morgan fingerprint density at radius 3 is 2.33 bits per heavy atom. The zero-order valence-electron chi connectivity index (χ0n) is 23.7. The average Bonchev–Trinajstić information content (AvgIpc) is 2.99. The van der Waals surface area contributed by atoms with Gasteiger partial charge in [-0.15, -0.1) is 12.4 Å². The highest BCUT2D eigenvalue weighted by Crippen LogP contribution is 2.31. The molecule has 3 aromatic carbocycles. The van der Waals surface area contributed by atoms with Crippen LogP contribution in [0.2, 0.25) is 0 Å². The molecule has 0 aromatic heterocycles. The fourth-order valence-corrected chi connectivity index (χ4v) is 5.98. The number of nitrogens with one attached hydrogen (secondary N) is 2. The predicted octanol–water partition coefficient (Wildman–Crippen LogP) is 4.79. The number of sulfonamides is 1. The highest BCUT2D eigenvalue weighted by atomic mass is 35.5. The second-order valence-corrected chi connectivity index (χ2v) is 12.3. The van der Waals surface area contributed by atoms with Crippen molar-refractivity contribution in [2.75, 3.05) is 25.4 Å². The Morgan fingerprint density at radius 1 is 0.952 bits per heavy atom. The number of amides is 1. The summed E-state index contributed by atoms with van der Waals surface area (Å²) >= 11 is 0. The number of hydrogen-bond donors (Lipinski definition) is 4. The Balaban J connectivity index is 0.00000484. The van der Waals surface area contributed by atoms with Crippen molar-refractivity contribution in [2.45, 2.75) is 57.2 Å². The Labute approximate surface area is 255 Å². The number of halogens is 1. The summed E-state index contributed by atoms with van der Waals surface area (Å²) in [6.07, 6.45) is 5.35. The molecule has 1 aliphatic rings. The monoisotopic (exact) mass is 616 g/mol. The molecule has 42 heavy (non-hydrogen) atoms. The minimum absolute atomic E-state index is 0. The van der Waals surface area contributed by atoms with Crippen molar-refractivity contribution in [2.24, 2.45) is 0 Å². The lowest BCUT2D eigenvalue weighted by Crippen LogP contribution is -2.33. The third-order valence-corrected chi connectivity index (χ3v) is 8.61. The van der Waals surface area contributed by atoms with Gasteiger partial charge in [-0.1, -0.05) is 67.1 Å². The van der Waals surface area contributed by atoms with Crippen LogP contribution in [0.15, 0.2) is 72.8 Å². The molecule has 1 atom stereocenters. The molecule has 10 heteroatoms. The van der Waals surface area contributed by atoms with Crippen LogP contribution in [-0.2, 0) is 16.4 Å². The maximum Gasteiger partial charge on any atom is 0.268 e. The van der Waals surface area contributed by atoms with Crippen LogP contribution in [0, 0.1) is 0 Å². The third-order valence-electron chi connectivity index (χ3n) is 7.29. The minimum atomic E-state index is -3.87. The van der Waals surface area contributed by atoms with Gasteiger partial charge in [0.15, 0.2) is 0 Å². The fraction of sp³-hybridized carbons (Fsp3) is 0.406. The van der Waals surface area contributed by atoms with E-state index in [1.165, 1.54) is 0 Å². The molecule has 228 valence electrons. The molecule has 1 amide bonds. The highest BCUT2D eigenvalue weighted by molar-refractivity contribution is 7.90. The number of aliphatic hydroxyl groups excluding tert-OH is 2. The van der Waals surface area contributed by atoms with Crippen LogP contribution in [0.1, 0.15) is 66.1 Å². The number of ether oxygens (including phenoxy) is 1. The van der Waals surface area contributed by atoms with Gasteiger partial charge >= 0.3 is 0 Å². The van der Waals surface area contributed by atoms with E-state index >= 15 is 0 Å². The summed E-state index contributed by atoms with van der Waals surface area (Å²) in [5, 5.41) is 22.6. The Bertz CT molecular complexity index is 1360. The number of hydrogen-bond acceptors (Lipinski definition) is 7. The van der Waals surface area contributed by atoms with Crippen LogP contribution in [0.25, 0.3) is 11.1 Å². The van der Waals surface area contributed by atoms with Crippen molar-refractivity contribution in [3.05, 3.63) is 89.5 Å². The van der Waals surface area contributed by atoms with E-state index in [-0.39, 0.29) is 42.9 Å². The maximum absolute atomic E-state index is 13.0. The van der Waals surface area contributed by atoms with E-state index in [1.807, 2.05) is 48.5 Å². The van der Waals surface area contributed by atoms with Crippen molar-refractivity contribution in [1.82, 2.24) is 10.0 Å².